The number of carbonyl (C=O) groups excluding carboxylic acids is 2. The highest BCUT2D eigenvalue weighted by molar-refractivity contribution is 5.77. The summed E-state index contributed by atoms with van der Waals surface area (Å²) in [6, 6.07) is 4.07. The van der Waals surface area contributed by atoms with E-state index in [0.717, 1.165) is 6.42 Å². The molecule has 2 heterocycles. The van der Waals surface area contributed by atoms with Crippen LogP contribution in [0, 0.1) is 0 Å². The second-order valence-electron chi connectivity index (χ2n) is 5.52. The predicted molar refractivity (Wildman–Crippen MR) is 81.0 cm³/mol. The van der Waals surface area contributed by atoms with Gasteiger partial charge in [-0.25, -0.2) is 4.79 Å². The van der Waals surface area contributed by atoms with Gasteiger partial charge in [0, 0.05) is 50.5 Å². The second-order valence-corrected chi connectivity index (χ2v) is 5.52. The molecule has 1 aliphatic rings. The van der Waals surface area contributed by atoms with Crippen LogP contribution in [0.2, 0.25) is 0 Å². The van der Waals surface area contributed by atoms with E-state index in [-0.39, 0.29) is 24.0 Å². The van der Waals surface area contributed by atoms with Gasteiger partial charge in [0.05, 0.1) is 0 Å². The molecular formula is C15H24N4O2. The number of likely N-dealkylation sites (tertiary alicyclic amines) is 1. The van der Waals surface area contributed by atoms with Crippen LogP contribution in [0.1, 0.15) is 32.7 Å². The standard InChI is InChI=1S/C15H24N4O2/c1-3-16-15(21)19-9-6-13(11-19)17-14(20)10-12(2)18-7-4-5-8-18/h4-5,7-8,12-13H,3,6,9-11H2,1-2H3,(H,16,21)(H,17,20)/t12-,13+/m0/s1. The van der Waals surface area contributed by atoms with Crippen molar-refractivity contribution in [1.29, 1.82) is 0 Å². The molecule has 2 N–H and O–H groups in total. The van der Waals surface area contributed by atoms with Crippen LogP contribution >= 0.6 is 0 Å². The fourth-order valence-electron chi connectivity index (χ4n) is 2.63. The molecule has 1 saturated heterocycles. The highest BCUT2D eigenvalue weighted by atomic mass is 16.2. The van der Waals surface area contributed by atoms with Crippen molar-refractivity contribution in [3.63, 3.8) is 0 Å². The molecule has 6 nitrogen and oxygen atoms in total. The van der Waals surface area contributed by atoms with Gasteiger partial charge in [0.2, 0.25) is 5.91 Å². The van der Waals surface area contributed by atoms with E-state index >= 15 is 0 Å². The number of hydrogen-bond acceptors (Lipinski definition) is 2. The number of hydrogen-bond donors (Lipinski definition) is 2. The van der Waals surface area contributed by atoms with Crippen LogP contribution in [0.15, 0.2) is 24.5 Å². The molecule has 116 valence electrons. The van der Waals surface area contributed by atoms with E-state index < -0.39 is 0 Å². The Bertz CT molecular complexity index is 472. The van der Waals surface area contributed by atoms with Gasteiger partial charge >= 0.3 is 6.03 Å². The quantitative estimate of drug-likeness (QED) is 0.860. The van der Waals surface area contributed by atoms with Crippen LogP contribution < -0.4 is 10.6 Å². The van der Waals surface area contributed by atoms with Gasteiger partial charge in [0.1, 0.15) is 0 Å². The third-order valence-corrected chi connectivity index (χ3v) is 3.79. The molecule has 0 unspecified atom stereocenters. The molecule has 3 amide bonds. The van der Waals surface area contributed by atoms with Crippen molar-refractivity contribution in [3.8, 4) is 0 Å². The van der Waals surface area contributed by atoms with Crippen LogP contribution in [-0.2, 0) is 4.79 Å². The van der Waals surface area contributed by atoms with Gasteiger partial charge in [0.25, 0.3) is 0 Å². The van der Waals surface area contributed by atoms with Crippen molar-refractivity contribution in [2.45, 2.75) is 38.8 Å². The van der Waals surface area contributed by atoms with Gasteiger partial charge in [-0.1, -0.05) is 0 Å². The molecule has 1 aliphatic heterocycles. The predicted octanol–water partition coefficient (Wildman–Crippen LogP) is 1.36. The lowest BCUT2D eigenvalue weighted by atomic mass is 10.2. The van der Waals surface area contributed by atoms with Gasteiger partial charge in [0.15, 0.2) is 0 Å². The Morgan fingerprint density at radius 2 is 2.05 bits per heavy atom. The molecule has 0 bridgehead atoms. The second kappa shape index (κ2) is 7.15. The summed E-state index contributed by atoms with van der Waals surface area (Å²) < 4.78 is 2.02. The number of rotatable bonds is 5. The Hall–Kier alpha value is -1.98. The summed E-state index contributed by atoms with van der Waals surface area (Å²) in [7, 11) is 0. The monoisotopic (exact) mass is 292 g/mol. The lowest BCUT2D eigenvalue weighted by Crippen LogP contribution is -2.42. The lowest BCUT2D eigenvalue weighted by molar-refractivity contribution is -0.122. The Kier molecular flexibility index (Phi) is 5.25. The highest BCUT2D eigenvalue weighted by Gasteiger charge is 2.27. The zero-order valence-electron chi connectivity index (χ0n) is 12.7. The Morgan fingerprint density at radius 1 is 1.33 bits per heavy atom. The first-order valence-electron chi connectivity index (χ1n) is 7.54. The molecule has 0 spiro atoms. The van der Waals surface area contributed by atoms with Crippen LogP contribution in [0.4, 0.5) is 4.79 Å². The van der Waals surface area contributed by atoms with E-state index in [1.165, 1.54) is 0 Å². The van der Waals surface area contributed by atoms with Gasteiger partial charge in [-0.05, 0) is 32.4 Å². The zero-order valence-corrected chi connectivity index (χ0v) is 12.7. The molecule has 1 fully saturated rings. The average molecular weight is 292 g/mol. The Labute approximate surface area is 125 Å². The first-order valence-corrected chi connectivity index (χ1v) is 7.54. The molecule has 2 rings (SSSR count). The molecule has 1 aromatic heterocycles. The summed E-state index contributed by atoms with van der Waals surface area (Å²) in [4.78, 5) is 25.5. The normalized spacial score (nSPS) is 19.3. The van der Waals surface area contributed by atoms with Gasteiger partial charge < -0.3 is 20.1 Å². The van der Waals surface area contributed by atoms with Crippen molar-refractivity contribution in [2.24, 2.45) is 0 Å². The minimum absolute atomic E-state index is 0.0407. The first-order chi connectivity index (χ1) is 10.1. The molecule has 0 aliphatic carbocycles. The topological polar surface area (TPSA) is 66.4 Å². The number of nitrogens with one attached hydrogen (secondary N) is 2. The number of urea groups is 1. The third kappa shape index (κ3) is 4.24. The van der Waals surface area contributed by atoms with E-state index in [1.807, 2.05) is 42.9 Å². The van der Waals surface area contributed by atoms with Crippen LogP contribution in [0.5, 0.6) is 0 Å². The Morgan fingerprint density at radius 3 is 2.71 bits per heavy atom. The van der Waals surface area contributed by atoms with Crippen molar-refractivity contribution in [3.05, 3.63) is 24.5 Å². The van der Waals surface area contributed by atoms with Crippen LogP contribution in [0.3, 0.4) is 0 Å². The number of aromatic nitrogens is 1. The first kappa shape index (κ1) is 15.4. The molecule has 1 aromatic rings. The summed E-state index contributed by atoms with van der Waals surface area (Å²) in [5, 5.41) is 5.81. The van der Waals surface area contributed by atoms with Crippen LogP contribution in [-0.4, -0.2) is 47.1 Å². The minimum atomic E-state index is -0.0463. The van der Waals surface area contributed by atoms with Crippen molar-refractivity contribution in [2.75, 3.05) is 19.6 Å². The molecule has 0 saturated carbocycles. The van der Waals surface area contributed by atoms with Crippen molar-refractivity contribution >= 4 is 11.9 Å². The van der Waals surface area contributed by atoms with E-state index in [1.54, 1.807) is 4.90 Å². The van der Waals surface area contributed by atoms with Crippen molar-refractivity contribution in [1.82, 2.24) is 20.1 Å². The summed E-state index contributed by atoms with van der Waals surface area (Å²) in [5.41, 5.74) is 0. The van der Waals surface area contributed by atoms with E-state index in [0.29, 0.717) is 26.1 Å². The molecule has 0 aromatic carbocycles. The van der Waals surface area contributed by atoms with Gasteiger partial charge in [-0.2, -0.15) is 0 Å². The van der Waals surface area contributed by atoms with E-state index in [4.69, 9.17) is 0 Å². The SMILES string of the molecule is CCNC(=O)N1CC[C@@H](NC(=O)C[C@H](C)n2cccc2)C1. The van der Waals surface area contributed by atoms with Gasteiger partial charge in [-0.15, -0.1) is 0 Å². The maximum atomic E-state index is 12.1. The lowest BCUT2D eigenvalue weighted by Gasteiger charge is -2.18. The molecule has 6 heteroatoms. The number of amides is 3. The fourth-order valence-corrected chi connectivity index (χ4v) is 2.63. The molecule has 2 atom stereocenters. The number of nitrogens with zero attached hydrogens (tertiary/aromatic N) is 2. The minimum Gasteiger partial charge on any atom is -0.351 e. The van der Waals surface area contributed by atoms with Crippen LogP contribution in [0.25, 0.3) is 0 Å². The largest absolute Gasteiger partial charge is 0.351 e. The Balaban J connectivity index is 1.75. The average Bonchev–Trinajstić information content (AvgIpc) is 3.09. The third-order valence-electron chi connectivity index (χ3n) is 3.79. The van der Waals surface area contributed by atoms with Crippen molar-refractivity contribution < 1.29 is 9.59 Å². The smallest absolute Gasteiger partial charge is 0.317 e. The highest BCUT2D eigenvalue weighted by Crippen LogP contribution is 2.13. The molecule has 21 heavy (non-hydrogen) atoms. The summed E-state index contributed by atoms with van der Waals surface area (Å²) in [5.74, 6) is 0.0407. The van der Waals surface area contributed by atoms with Gasteiger partial charge in [-0.3, -0.25) is 4.79 Å². The molecular weight excluding hydrogens is 268 g/mol. The maximum absolute atomic E-state index is 12.1. The fraction of sp³-hybridized carbons (Fsp3) is 0.600. The maximum Gasteiger partial charge on any atom is 0.317 e. The summed E-state index contributed by atoms with van der Waals surface area (Å²) in [6.07, 6.45) is 5.20. The zero-order chi connectivity index (χ0) is 15.2. The van der Waals surface area contributed by atoms with E-state index in [2.05, 4.69) is 10.6 Å². The molecule has 0 radical (unpaired) electrons. The van der Waals surface area contributed by atoms with E-state index in [9.17, 15) is 9.59 Å². The summed E-state index contributed by atoms with van der Waals surface area (Å²) >= 11 is 0. The summed E-state index contributed by atoms with van der Waals surface area (Å²) in [6.45, 7) is 5.84. The number of carbonyl (C=O) groups is 2.